The Bertz CT molecular complexity index is 857. The van der Waals surface area contributed by atoms with Crippen LogP contribution in [-0.4, -0.2) is 57.5 Å². The SMILES string of the molecule is O=C(C[C@@H]1CCCCO1)N1CCCC[C@H]1c1nc2c(c(=O)[nH]1)CCN(C1CCCCC1)C2. The van der Waals surface area contributed by atoms with E-state index in [1.165, 1.54) is 32.1 Å². The van der Waals surface area contributed by atoms with E-state index in [1.807, 2.05) is 4.90 Å². The van der Waals surface area contributed by atoms with Crippen molar-refractivity contribution in [1.82, 2.24) is 19.8 Å². The minimum absolute atomic E-state index is 0.00174. The van der Waals surface area contributed by atoms with Gasteiger partial charge in [0.2, 0.25) is 5.91 Å². The number of rotatable bonds is 4. The first kappa shape index (κ1) is 22.1. The maximum Gasteiger partial charge on any atom is 0.254 e. The quantitative estimate of drug-likeness (QED) is 0.772. The Hall–Kier alpha value is -1.73. The Kier molecular flexibility index (Phi) is 6.93. The third kappa shape index (κ3) is 4.79. The minimum Gasteiger partial charge on any atom is -0.378 e. The number of nitrogens with zero attached hydrogens (tertiary/aromatic N) is 3. The van der Waals surface area contributed by atoms with Crippen molar-refractivity contribution in [2.45, 2.75) is 108 Å². The van der Waals surface area contributed by atoms with Crippen LogP contribution in [0.5, 0.6) is 0 Å². The number of fused-ring (bicyclic) bond motifs is 1. The van der Waals surface area contributed by atoms with E-state index >= 15 is 0 Å². The van der Waals surface area contributed by atoms with Gasteiger partial charge in [0, 0.05) is 37.8 Å². The molecule has 1 aromatic rings. The van der Waals surface area contributed by atoms with Crippen LogP contribution in [0.2, 0.25) is 0 Å². The molecule has 0 radical (unpaired) electrons. The molecule has 2 saturated heterocycles. The standard InChI is InChI=1S/C25H38N4O3/c30-23(16-19-10-5-7-15-32-19)29-13-6-4-11-22(29)24-26-21-17-28(18-8-2-1-3-9-18)14-12-20(21)25(31)27-24/h18-19,22H,1-17H2,(H,26,27,31)/t19-,22-/m0/s1. The first-order valence-corrected chi connectivity index (χ1v) is 13.0. The summed E-state index contributed by atoms with van der Waals surface area (Å²) in [5.41, 5.74) is 1.79. The molecule has 176 valence electrons. The highest BCUT2D eigenvalue weighted by atomic mass is 16.5. The molecule has 4 heterocycles. The van der Waals surface area contributed by atoms with Crippen LogP contribution >= 0.6 is 0 Å². The van der Waals surface area contributed by atoms with Crippen molar-refractivity contribution in [2.24, 2.45) is 0 Å². The number of hydrogen-bond donors (Lipinski definition) is 1. The zero-order valence-corrected chi connectivity index (χ0v) is 19.3. The number of hydrogen-bond acceptors (Lipinski definition) is 5. The summed E-state index contributed by atoms with van der Waals surface area (Å²) in [5.74, 6) is 0.836. The number of nitrogens with one attached hydrogen (secondary N) is 1. The summed E-state index contributed by atoms with van der Waals surface area (Å²) in [6.07, 6.45) is 13.9. The molecule has 1 aromatic heterocycles. The van der Waals surface area contributed by atoms with Crippen LogP contribution in [-0.2, 0) is 22.5 Å². The molecule has 3 fully saturated rings. The normalized spacial score (nSPS) is 27.8. The van der Waals surface area contributed by atoms with E-state index in [-0.39, 0.29) is 23.6 Å². The number of carbonyl (C=O) groups is 1. The summed E-state index contributed by atoms with van der Waals surface area (Å²) < 4.78 is 5.82. The van der Waals surface area contributed by atoms with E-state index in [1.54, 1.807) is 0 Å². The van der Waals surface area contributed by atoms with Crippen LogP contribution in [0.1, 0.15) is 100 Å². The van der Waals surface area contributed by atoms with Crippen LogP contribution < -0.4 is 5.56 Å². The van der Waals surface area contributed by atoms with Gasteiger partial charge in [-0.15, -0.1) is 0 Å². The predicted molar refractivity (Wildman–Crippen MR) is 122 cm³/mol. The van der Waals surface area contributed by atoms with Crippen LogP contribution in [0, 0.1) is 0 Å². The topological polar surface area (TPSA) is 78.5 Å². The van der Waals surface area contributed by atoms with E-state index in [9.17, 15) is 9.59 Å². The van der Waals surface area contributed by atoms with Crippen molar-refractivity contribution in [3.63, 3.8) is 0 Å². The molecule has 0 unspecified atom stereocenters. The van der Waals surface area contributed by atoms with Gasteiger partial charge < -0.3 is 14.6 Å². The third-order valence-electron chi connectivity index (χ3n) is 8.03. The average Bonchev–Trinajstić information content (AvgIpc) is 2.85. The molecular weight excluding hydrogens is 404 g/mol. The fourth-order valence-electron chi connectivity index (χ4n) is 6.19. The van der Waals surface area contributed by atoms with Crippen LogP contribution in [0.15, 0.2) is 4.79 Å². The summed E-state index contributed by atoms with van der Waals surface area (Å²) >= 11 is 0. The molecule has 7 heteroatoms. The zero-order chi connectivity index (χ0) is 21.9. The monoisotopic (exact) mass is 442 g/mol. The predicted octanol–water partition coefficient (Wildman–Crippen LogP) is 3.47. The second kappa shape index (κ2) is 10.0. The van der Waals surface area contributed by atoms with Crippen LogP contribution in [0.25, 0.3) is 0 Å². The number of carbonyl (C=O) groups excluding carboxylic acids is 1. The lowest BCUT2D eigenvalue weighted by molar-refractivity contribution is -0.139. The van der Waals surface area contributed by atoms with Gasteiger partial charge in [-0.25, -0.2) is 4.98 Å². The van der Waals surface area contributed by atoms with E-state index in [2.05, 4.69) is 9.88 Å². The first-order chi connectivity index (χ1) is 15.7. The lowest BCUT2D eigenvalue weighted by atomic mass is 9.92. The number of H-pyrrole nitrogens is 1. The molecule has 1 saturated carbocycles. The highest BCUT2D eigenvalue weighted by molar-refractivity contribution is 5.77. The number of aromatic amines is 1. The van der Waals surface area contributed by atoms with Gasteiger partial charge in [-0.3, -0.25) is 14.5 Å². The molecule has 32 heavy (non-hydrogen) atoms. The summed E-state index contributed by atoms with van der Waals surface area (Å²) in [6.45, 7) is 3.23. The molecular formula is C25H38N4O3. The van der Waals surface area contributed by atoms with Crippen molar-refractivity contribution in [2.75, 3.05) is 19.7 Å². The fourth-order valence-corrected chi connectivity index (χ4v) is 6.19. The van der Waals surface area contributed by atoms with Gasteiger partial charge in [0.05, 0.1) is 24.3 Å². The van der Waals surface area contributed by atoms with Gasteiger partial charge in [0.1, 0.15) is 5.82 Å². The highest BCUT2D eigenvalue weighted by Gasteiger charge is 2.33. The van der Waals surface area contributed by atoms with E-state index in [0.29, 0.717) is 18.3 Å². The molecule has 0 bridgehead atoms. The maximum absolute atomic E-state index is 13.2. The highest BCUT2D eigenvalue weighted by Crippen LogP contribution is 2.32. The molecule has 7 nitrogen and oxygen atoms in total. The largest absolute Gasteiger partial charge is 0.378 e. The lowest BCUT2D eigenvalue weighted by Crippen LogP contribution is -2.44. The average molecular weight is 443 g/mol. The van der Waals surface area contributed by atoms with Crippen molar-refractivity contribution < 1.29 is 9.53 Å². The number of piperidine rings is 1. The Balaban J connectivity index is 1.34. The van der Waals surface area contributed by atoms with Gasteiger partial charge in [0.15, 0.2) is 0 Å². The van der Waals surface area contributed by atoms with Crippen molar-refractivity contribution in [1.29, 1.82) is 0 Å². The molecule has 2 atom stereocenters. The number of ether oxygens (including phenoxy) is 1. The van der Waals surface area contributed by atoms with Gasteiger partial charge in [-0.1, -0.05) is 19.3 Å². The summed E-state index contributed by atoms with van der Waals surface area (Å²) in [4.78, 5) is 38.8. The first-order valence-electron chi connectivity index (χ1n) is 13.0. The van der Waals surface area contributed by atoms with Gasteiger partial charge in [-0.2, -0.15) is 0 Å². The Morgan fingerprint density at radius 2 is 1.81 bits per heavy atom. The smallest absolute Gasteiger partial charge is 0.254 e. The molecule has 4 aliphatic rings. The molecule has 1 N–H and O–H groups in total. The van der Waals surface area contributed by atoms with Crippen molar-refractivity contribution in [3.8, 4) is 0 Å². The molecule has 3 aliphatic heterocycles. The maximum atomic E-state index is 13.2. The summed E-state index contributed by atoms with van der Waals surface area (Å²) in [7, 11) is 0. The molecule has 5 rings (SSSR count). The minimum atomic E-state index is -0.122. The second-order valence-electron chi connectivity index (χ2n) is 10.2. The second-order valence-corrected chi connectivity index (χ2v) is 10.2. The van der Waals surface area contributed by atoms with Crippen molar-refractivity contribution >= 4 is 5.91 Å². The fraction of sp³-hybridized carbons (Fsp3) is 0.800. The Labute approximate surface area is 190 Å². The Morgan fingerprint density at radius 1 is 1.00 bits per heavy atom. The summed E-state index contributed by atoms with van der Waals surface area (Å²) in [5, 5.41) is 0. The van der Waals surface area contributed by atoms with E-state index < -0.39 is 0 Å². The van der Waals surface area contributed by atoms with Gasteiger partial charge >= 0.3 is 0 Å². The molecule has 1 aliphatic carbocycles. The van der Waals surface area contributed by atoms with Gasteiger partial charge in [0.25, 0.3) is 5.56 Å². The Morgan fingerprint density at radius 3 is 2.62 bits per heavy atom. The third-order valence-corrected chi connectivity index (χ3v) is 8.03. The van der Waals surface area contributed by atoms with Crippen molar-refractivity contribution in [3.05, 3.63) is 27.4 Å². The number of likely N-dealkylation sites (tertiary alicyclic amines) is 1. The van der Waals surface area contributed by atoms with Crippen LogP contribution in [0.4, 0.5) is 0 Å². The number of amides is 1. The van der Waals surface area contributed by atoms with Crippen LogP contribution in [0.3, 0.4) is 0 Å². The number of aromatic nitrogens is 2. The molecule has 0 spiro atoms. The van der Waals surface area contributed by atoms with E-state index in [0.717, 1.165) is 82.4 Å². The van der Waals surface area contributed by atoms with Gasteiger partial charge in [-0.05, 0) is 57.8 Å². The zero-order valence-electron chi connectivity index (χ0n) is 19.3. The summed E-state index contributed by atoms with van der Waals surface area (Å²) in [6, 6.07) is 0.507. The molecule has 0 aromatic carbocycles. The van der Waals surface area contributed by atoms with E-state index in [4.69, 9.17) is 9.72 Å². The lowest BCUT2D eigenvalue weighted by Gasteiger charge is -2.38. The molecule has 1 amide bonds.